The number of anilines is 1. The van der Waals surface area contributed by atoms with Crippen LogP contribution in [0.3, 0.4) is 0 Å². The van der Waals surface area contributed by atoms with Crippen LogP contribution in [0.25, 0.3) is 0 Å². The van der Waals surface area contributed by atoms with E-state index in [9.17, 15) is 9.59 Å². The summed E-state index contributed by atoms with van der Waals surface area (Å²) in [4.78, 5) is 26.6. The van der Waals surface area contributed by atoms with Crippen molar-refractivity contribution < 1.29 is 9.59 Å². The number of hydrogen-bond donors (Lipinski definition) is 0. The molecule has 2 aromatic rings. The van der Waals surface area contributed by atoms with Gasteiger partial charge in [0.1, 0.15) is 0 Å². The molecule has 0 spiro atoms. The van der Waals surface area contributed by atoms with E-state index in [2.05, 4.69) is 0 Å². The maximum atomic E-state index is 13.0. The largest absolute Gasteiger partial charge is 0.298 e. The van der Waals surface area contributed by atoms with Crippen LogP contribution in [-0.4, -0.2) is 16.4 Å². The molecule has 6 heteroatoms. The summed E-state index contributed by atoms with van der Waals surface area (Å²) >= 11 is 0. The topological polar surface area (TPSA) is 37.4 Å². The average molecular weight is 359 g/mol. The Labute approximate surface area is 146 Å². The second-order valence-corrected chi connectivity index (χ2v) is 9.76. The molecule has 2 fully saturated rings. The van der Waals surface area contributed by atoms with E-state index >= 15 is 0 Å². The molecule has 4 rings (SSSR count). The number of ketones is 1. The van der Waals surface area contributed by atoms with Gasteiger partial charge in [0.2, 0.25) is 4.75 Å². The van der Waals surface area contributed by atoms with Crippen molar-refractivity contribution in [1.29, 1.82) is 0 Å². The summed E-state index contributed by atoms with van der Waals surface area (Å²) in [7, 11) is 4.50. The number of para-hydroxylation sites is 1. The van der Waals surface area contributed by atoms with E-state index in [4.69, 9.17) is 0 Å². The summed E-state index contributed by atoms with van der Waals surface area (Å²) in [6, 6.07) is 19.4. The third-order valence-electron chi connectivity index (χ3n) is 4.29. The number of benzene rings is 2. The summed E-state index contributed by atoms with van der Waals surface area (Å²) in [6.45, 7) is 1.53. The van der Waals surface area contributed by atoms with Gasteiger partial charge in [0.05, 0.1) is 0 Å². The SMILES string of the molecule is CC(=O)C12SSSC1(c1ccccc1)N(c1ccccc1)C2=O. The van der Waals surface area contributed by atoms with Crippen molar-refractivity contribution in [3.8, 4) is 0 Å². The molecule has 2 saturated heterocycles. The minimum absolute atomic E-state index is 0.0824. The van der Waals surface area contributed by atoms with Crippen molar-refractivity contribution in [2.24, 2.45) is 0 Å². The fourth-order valence-corrected chi connectivity index (χ4v) is 10.1. The number of amides is 1. The van der Waals surface area contributed by atoms with Crippen LogP contribution in [0.2, 0.25) is 0 Å². The molecule has 2 heterocycles. The van der Waals surface area contributed by atoms with Gasteiger partial charge in [0.15, 0.2) is 10.7 Å². The van der Waals surface area contributed by atoms with Crippen molar-refractivity contribution >= 4 is 48.8 Å². The normalized spacial score (nSPS) is 29.1. The Hall–Kier alpha value is -1.37. The second kappa shape index (κ2) is 5.33. The summed E-state index contributed by atoms with van der Waals surface area (Å²) in [5, 5.41) is 0. The van der Waals surface area contributed by atoms with Crippen LogP contribution in [0, 0.1) is 0 Å². The van der Waals surface area contributed by atoms with Crippen LogP contribution in [0.15, 0.2) is 60.7 Å². The van der Waals surface area contributed by atoms with E-state index < -0.39 is 9.62 Å². The number of hydrogen-bond acceptors (Lipinski definition) is 5. The Morgan fingerprint density at radius 3 is 2.17 bits per heavy atom. The maximum absolute atomic E-state index is 13.0. The van der Waals surface area contributed by atoms with Gasteiger partial charge in [-0.15, -0.1) is 0 Å². The van der Waals surface area contributed by atoms with Crippen molar-refractivity contribution in [2.45, 2.75) is 16.5 Å². The van der Waals surface area contributed by atoms with Crippen molar-refractivity contribution in [3.63, 3.8) is 0 Å². The van der Waals surface area contributed by atoms with Crippen LogP contribution < -0.4 is 4.90 Å². The van der Waals surface area contributed by atoms with Crippen molar-refractivity contribution in [2.75, 3.05) is 4.90 Å². The van der Waals surface area contributed by atoms with Crippen LogP contribution in [0.4, 0.5) is 5.69 Å². The highest BCUT2D eigenvalue weighted by Gasteiger charge is 2.79. The number of carbonyl (C=O) groups excluding carboxylic acids is 2. The Balaban J connectivity index is 1.95. The van der Waals surface area contributed by atoms with Crippen LogP contribution in [-0.2, 0) is 14.5 Å². The van der Waals surface area contributed by atoms with Crippen LogP contribution in [0.5, 0.6) is 0 Å². The third-order valence-corrected chi connectivity index (χ3v) is 9.63. The Kier molecular flexibility index (Phi) is 3.51. The van der Waals surface area contributed by atoms with Gasteiger partial charge in [-0.05, 0) is 45.2 Å². The van der Waals surface area contributed by atoms with Gasteiger partial charge in [0, 0.05) is 5.69 Å². The maximum Gasteiger partial charge on any atom is 0.257 e. The van der Waals surface area contributed by atoms with E-state index in [1.807, 2.05) is 60.7 Å². The molecular formula is C17H13NO2S3. The summed E-state index contributed by atoms with van der Waals surface area (Å²) in [5.41, 5.74) is 1.81. The molecule has 0 aliphatic carbocycles. The highest BCUT2D eigenvalue weighted by Crippen LogP contribution is 2.76. The predicted molar refractivity (Wildman–Crippen MR) is 98.2 cm³/mol. The minimum atomic E-state index is -1.04. The van der Waals surface area contributed by atoms with Crippen LogP contribution in [0.1, 0.15) is 12.5 Å². The first-order chi connectivity index (χ1) is 11.1. The molecule has 0 aromatic heterocycles. The van der Waals surface area contributed by atoms with E-state index in [1.54, 1.807) is 15.7 Å². The van der Waals surface area contributed by atoms with Gasteiger partial charge in [-0.2, -0.15) is 0 Å². The molecule has 2 unspecified atom stereocenters. The lowest BCUT2D eigenvalue weighted by Crippen LogP contribution is -2.78. The quantitative estimate of drug-likeness (QED) is 0.465. The van der Waals surface area contributed by atoms with E-state index in [1.165, 1.54) is 27.5 Å². The number of carbonyl (C=O) groups is 2. The molecule has 2 aliphatic heterocycles. The lowest BCUT2D eigenvalue weighted by atomic mass is 9.77. The van der Waals surface area contributed by atoms with E-state index in [0.717, 1.165) is 11.3 Å². The summed E-state index contributed by atoms with van der Waals surface area (Å²) in [5.74, 6) is -0.205. The summed E-state index contributed by atoms with van der Waals surface area (Å²) < 4.78 is -1.04. The first-order valence-electron chi connectivity index (χ1n) is 7.14. The molecule has 23 heavy (non-hydrogen) atoms. The molecular weight excluding hydrogens is 346 g/mol. The lowest BCUT2D eigenvalue weighted by Gasteiger charge is -2.58. The van der Waals surface area contributed by atoms with Gasteiger partial charge in [-0.1, -0.05) is 59.3 Å². The van der Waals surface area contributed by atoms with Crippen LogP contribution >= 0.6 is 31.4 Å². The smallest absolute Gasteiger partial charge is 0.257 e. The van der Waals surface area contributed by atoms with Gasteiger partial charge >= 0.3 is 0 Å². The third kappa shape index (κ3) is 1.77. The van der Waals surface area contributed by atoms with E-state index in [0.29, 0.717) is 0 Å². The fourth-order valence-electron chi connectivity index (χ4n) is 3.22. The first-order valence-corrected chi connectivity index (χ1v) is 10.6. The van der Waals surface area contributed by atoms with Crippen molar-refractivity contribution in [3.05, 3.63) is 66.2 Å². The number of β-lactam (4-membered cyclic amide) rings is 1. The van der Waals surface area contributed by atoms with Gasteiger partial charge in [0.25, 0.3) is 5.91 Å². The average Bonchev–Trinajstić information content (AvgIpc) is 2.93. The zero-order valence-electron chi connectivity index (χ0n) is 12.3. The zero-order valence-corrected chi connectivity index (χ0v) is 14.7. The number of fused-ring (bicyclic) bond motifs is 1. The minimum Gasteiger partial charge on any atom is -0.298 e. The highest BCUT2D eigenvalue weighted by molar-refractivity contribution is 9.11. The molecule has 0 saturated carbocycles. The lowest BCUT2D eigenvalue weighted by molar-refractivity contribution is -0.137. The molecule has 0 bridgehead atoms. The molecule has 0 radical (unpaired) electrons. The van der Waals surface area contributed by atoms with Crippen molar-refractivity contribution in [1.82, 2.24) is 0 Å². The fraction of sp³-hybridized carbons (Fsp3) is 0.176. The molecule has 3 nitrogen and oxygen atoms in total. The molecule has 0 N–H and O–H groups in total. The van der Waals surface area contributed by atoms with E-state index in [-0.39, 0.29) is 11.7 Å². The molecule has 2 aliphatic rings. The van der Waals surface area contributed by atoms with Gasteiger partial charge < -0.3 is 0 Å². The molecule has 1 amide bonds. The number of Topliss-reactive ketones (excluding diaryl/α,β-unsaturated/α-hetero) is 1. The second-order valence-electron chi connectivity index (χ2n) is 5.46. The number of nitrogens with zero attached hydrogens (tertiary/aromatic N) is 1. The van der Waals surface area contributed by atoms with Gasteiger partial charge in [-0.3, -0.25) is 14.5 Å². The van der Waals surface area contributed by atoms with Gasteiger partial charge in [-0.25, -0.2) is 0 Å². The Morgan fingerprint density at radius 1 is 0.957 bits per heavy atom. The monoisotopic (exact) mass is 359 g/mol. The standard InChI is InChI=1S/C17H13NO2S3/c1-12(19)16-15(20)18(14-10-6-3-7-11-14)17(16,22-23-21-16)13-8-4-2-5-9-13/h2-11H,1H3. The molecule has 2 aromatic carbocycles. The predicted octanol–water partition coefficient (Wildman–Crippen LogP) is 4.26. The number of rotatable bonds is 3. The first kappa shape index (κ1) is 15.2. The Morgan fingerprint density at radius 2 is 1.57 bits per heavy atom. The molecule has 2 atom stereocenters. The summed E-state index contributed by atoms with van der Waals surface area (Å²) in [6.07, 6.45) is 0. The zero-order chi connectivity index (χ0) is 16.1. The Bertz CT molecular complexity index is 783. The molecule has 116 valence electrons. The highest BCUT2D eigenvalue weighted by atomic mass is 33.5.